The molecule has 0 radical (unpaired) electrons. The minimum atomic E-state index is -0.673. The molecule has 6 nitrogen and oxygen atoms in total. The average Bonchev–Trinajstić information content (AvgIpc) is 2.68. The number of benzene rings is 2. The summed E-state index contributed by atoms with van der Waals surface area (Å²) in [6.07, 6.45) is 1.00. The van der Waals surface area contributed by atoms with Gasteiger partial charge in [0, 0.05) is 18.4 Å². The lowest BCUT2D eigenvalue weighted by Crippen LogP contribution is -2.13. The minimum Gasteiger partial charge on any atom is -0.497 e. The predicted molar refractivity (Wildman–Crippen MR) is 103 cm³/mol. The molecule has 134 valence electrons. The van der Waals surface area contributed by atoms with Crippen LogP contribution in [-0.2, 0) is 0 Å². The van der Waals surface area contributed by atoms with Crippen molar-refractivity contribution < 1.29 is 9.84 Å². The van der Waals surface area contributed by atoms with Gasteiger partial charge in [0.2, 0.25) is 5.95 Å². The number of rotatable bonds is 7. The van der Waals surface area contributed by atoms with E-state index in [0.29, 0.717) is 24.1 Å². The molecule has 26 heavy (non-hydrogen) atoms. The SMILES string of the molecule is COc1cccc(C(O)CNc2ccnc(Nc3ccccc3C)n2)c1. The molecule has 3 N–H and O–H groups in total. The van der Waals surface area contributed by atoms with Crippen molar-refractivity contribution in [3.05, 3.63) is 71.9 Å². The number of nitrogens with zero attached hydrogens (tertiary/aromatic N) is 2. The van der Waals surface area contributed by atoms with Crippen molar-refractivity contribution in [2.24, 2.45) is 0 Å². The van der Waals surface area contributed by atoms with Crippen molar-refractivity contribution in [2.45, 2.75) is 13.0 Å². The molecule has 0 spiro atoms. The van der Waals surface area contributed by atoms with Crippen molar-refractivity contribution in [3.63, 3.8) is 0 Å². The Balaban J connectivity index is 1.64. The first-order chi connectivity index (χ1) is 12.7. The van der Waals surface area contributed by atoms with E-state index in [1.165, 1.54) is 0 Å². The molecule has 0 bridgehead atoms. The maximum atomic E-state index is 10.4. The van der Waals surface area contributed by atoms with Crippen LogP contribution >= 0.6 is 0 Å². The summed E-state index contributed by atoms with van der Waals surface area (Å²) in [4.78, 5) is 8.68. The molecular formula is C20H22N4O2. The van der Waals surface area contributed by atoms with E-state index >= 15 is 0 Å². The summed E-state index contributed by atoms with van der Waals surface area (Å²) in [5.74, 6) is 1.85. The molecule has 0 saturated heterocycles. The van der Waals surface area contributed by atoms with Gasteiger partial charge in [-0.3, -0.25) is 0 Å². The molecule has 1 aromatic heterocycles. The first-order valence-electron chi connectivity index (χ1n) is 8.37. The number of hydrogen-bond acceptors (Lipinski definition) is 6. The van der Waals surface area contributed by atoms with Gasteiger partial charge in [-0.15, -0.1) is 0 Å². The Morgan fingerprint density at radius 2 is 1.96 bits per heavy atom. The molecular weight excluding hydrogens is 328 g/mol. The summed E-state index contributed by atoms with van der Waals surface area (Å²) >= 11 is 0. The third kappa shape index (κ3) is 4.49. The van der Waals surface area contributed by atoms with Gasteiger partial charge in [-0.1, -0.05) is 30.3 Å². The first kappa shape index (κ1) is 17.7. The topological polar surface area (TPSA) is 79.3 Å². The molecule has 0 aliphatic heterocycles. The highest BCUT2D eigenvalue weighted by atomic mass is 16.5. The van der Waals surface area contributed by atoms with Crippen molar-refractivity contribution in [3.8, 4) is 5.75 Å². The third-order valence-corrected chi connectivity index (χ3v) is 4.00. The molecule has 0 saturated carbocycles. The zero-order valence-corrected chi connectivity index (χ0v) is 14.8. The van der Waals surface area contributed by atoms with Gasteiger partial charge in [0.15, 0.2) is 0 Å². The van der Waals surface area contributed by atoms with Gasteiger partial charge in [0.25, 0.3) is 0 Å². The zero-order chi connectivity index (χ0) is 18.4. The standard InChI is InChI=1S/C20H22N4O2/c1-14-6-3-4-9-17(14)23-20-21-11-10-19(24-20)22-13-18(25)15-7-5-8-16(12-15)26-2/h3-12,18,25H,13H2,1-2H3,(H2,21,22,23,24). The van der Waals surface area contributed by atoms with Crippen LogP contribution in [0.1, 0.15) is 17.2 Å². The van der Waals surface area contributed by atoms with Crippen molar-refractivity contribution >= 4 is 17.5 Å². The second kappa shape index (κ2) is 8.31. The maximum Gasteiger partial charge on any atom is 0.229 e. The van der Waals surface area contributed by atoms with Gasteiger partial charge < -0.3 is 20.5 Å². The van der Waals surface area contributed by atoms with Crippen LogP contribution in [0.2, 0.25) is 0 Å². The molecule has 0 fully saturated rings. The Labute approximate surface area is 152 Å². The first-order valence-corrected chi connectivity index (χ1v) is 8.37. The second-order valence-corrected chi connectivity index (χ2v) is 5.88. The minimum absolute atomic E-state index is 0.327. The quantitative estimate of drug-likeness (QED) is 0.603. The highest BCUT2D eigenvalue weighted by molar-refractivity contribution is 5.58. The Morgan fingerprint density at radius 3 is 2.77 bits per heavy atom. The Kier molecular flexibility index (Phi) is 5.66. The van der Waals surface area contributed by atoms with Crippen molar-refractivity contribution in [2.75, 3.05) is 24.3 Å². The maximum absolute atomic E-state index is 10.4. The number of nitrogens with one attached hydrogen (secondary N) is 2. The van der Waals surface area contributed by atoms with Crippen molar-refractivity contribution in [1.29, 1.82) is 0 Å². The summed E-state index contributed by atoms with van der Waals surface area (Å²) in [6.45, 7) is 2.35. The highest BCUT2D eigenvalue weighted by Gasteiger charge is 2.09. The second-order valence-electron chi connectivity index (χ2n) is 5.88. The molecule has 3 rings (SSSR count). The molecule has 0 amide bonds. The molecule has 1 unspecified atom stereocenters. The highest BCUT2D eigenvalue weighted by Crippen LogP contribution is 2.20. The third-order valence-electron chi connectivity index (χ3n) is 4.00. The van der Waals surface area contributed by atoms with E-state index in [-0.39, 0.29) is 0 Å². The largest absolute Gasteiger partial charge is 0.497 e. The number of para-hydroxylation sites is 1. The van der Waals surface area contributed by atoms with Gasteiger partial charge in [0.05, 0.1) is 13.2 Å². The summed E-state index contributed by atoms with van der Waals surface area (Å²) in [5.41, 5.74) is 2.85. The normalized spacial score (nSPS) is 11.7. The van der Waals surface area contributed by atoms with Gasteiger partial charge in [-0.2, -0.15) is 4.98 Å². The fraction of sp³-hybridized carbons (Fsp3) is 0.200. The summed E-state index contributed by atoms with van der Waals surface area (Å²) in [7, 11) is 1.60. The average molecular weight is 350 g/mol. The van der Waals surface area contributed by atoms with E-state index in [4.69, 9.17) is 4.74 Å². The lowest BCUT2D eigenvalue weighted by molar-refractivity contribution is 0.191. The fourth-order valence-electron chi connectivity index (χ4n) is 2.52. The lowest BCUT2D eigenvalue weighted by atomic mass is 10.1. The molecule has 2 aromatic carbocycles. The molecule has 0 aliphatic carbocycles. The number of methoxy groups -OCH3 is 1. The van der Waals surface area contributed by atoms with E-state index in [9.17, 15) is 5.11 Å². The van der Waals surface area contributed by atoms with Crippen LogP contribution in [0.15, 0.2) is 60.8 Å². The van der Waals surface area contributed by atoms with Crippen LogP contribution < -0.4 is 15.4 Å². The van der Waals surface area contributed by atoms with E-state index in [1.54, 1.807) is 19.4 Å². The smallest absolute Gasteiger partial charge is 0.229 e. The van der Waals surface area contributed by atoms with E-state index < -0.39 is 6.10 Å². The molecule has 1 atom stereocenters. The van der Waals surface area contributed by atoms with Crippen LogP contribution in [-0.4, -0.2) is 28.7 Å². The molecule has 6 heteroatoms. The van der Waals surface area contributed by atoms with Crippen LogP contribution in [0, 0.1) is 6.92 Å². The number of aromatic nitrogens is 2. The number of aliphatic hydroxyl groups excluding tert-OH is 1. The molecule has 3 aromatic rings. The fourth-order valence-corrected chi connectivity index (χ4v) is 2.52. The number of aliphatic hydroxyl groups is 1. The van der Waals surface area contributed by atoms with Gasteiger partial charge in [0.1, 0.15) is 11.6 Å². The number of ether oxygens (including phenoxy) is 1. The Hall–Kier alpha value is -3.12. The van der Waals surface area contributed by atoms with E-state index in [0.717, 1.165) is 16.8 Å². The predicted octanol–water partition coefficient (Wildman–Crippen LogP) is 3.68. The zero-order valence-electron chi connectivity index (χ0n) is 14.8. The summed E-state index contributed by atoms with van der Waals surface area (Å²) in [6, 6.07) is 17.1. The van der Waals surface area contributed by atoms with Crippen molar-refractivity contribution in [1.82, 2.24) is 9.97 Å². The Morgan fingerprint density at radius 1 is 1.12 bits per heavy atom. The Bertz CT molecular complexity index is 870. The number of aryl methyl sites for hydroxylation is 1. The van der Waals surface area contributed by atoms with Crippen LogP contribution in [0.4, 0.5) is 17.5 Å². The summed E-state index contributed by atoms with van der Waals surface area (Å²) in [5, 5.41) is 16.7. The molecule has 1 heterocycles. The number of hydrogen-bond donors (Lipinski definition) is 3. The van der Waals surface area contributed by atoms with E-state index in [2.05, 4.69) is 20.6 Å². The monoisotopic (exact) mass is 350 g/mol. The van der Waals surface area contributed by atoms with Crippen LogP contribution in [0.25, 0.3) is 0 Å². The lowest BCUT2D eigenvalue weighted by Gasteiger charge is -2.14. The van der Waals surface area contributed by atoms with Crippen LogP contribution in [0.5, 0.6) is 5.75 Å². The van der Waals surface area contributed by atoms with Crippen LogP contribution in [0.3, 0.4) is 0 Å². The molecule has 0 aliphatic rings. The van der Waals surface area contributed by atoms with Gasteiger partial charge in [-0.25, -0.2) is 4.98 Å². The summed E-state index contributed by atoms with van der Waals surface area (Å²) < 4.78 is 5.19. The van der Waals surface area contributed by atoms with Gasteiger partial charge >= 0.3 is 0 Å². The van der Waals surface area contributed by atoms with E-state index in [1.807, 2.05) is 55.5 Å². The number of anilines is 3. The van der Waals surface area contributed by atoms with Gasteiger partial charge in [-0.05, 0) is 42.3 Å².